The Morgan fingerprint density at radius 3 is 3.20 bits per heavy atom. The summed E-state index contributed by atoms with van der Waals surface area (Å²) in [6, 6.07) is 6.24. The zero-order chi connectivity index (χ0) is 10.7. The number of halogens is 1. The Bertz CT molecular complexity index is 371. The summed E-state index contributed by atoms with van der Waals surface area (Å²) < 4.78 is 0.814. The second kappa shape index (κ2) is 4.95. The summed E-state index contributed by atoms with van der Waals surface area (Å²) in [5.41, 5.74) is 0. The van der Waals surface area contributed by atoms with Gasteiger partial charge in [-0.15, -0.1) is 11.3 Å². The van der Waals surface area contributed by atoms with E-state index in [-0.39, 0.29) is 6.04 Å². The first-order valence-electron chi connectivity index (χ1n) is 4.88. The van der Waals surface area contributed by atoms with Crippen molar-refractivity contribution in [2.24, 2.45) is 0 Å². The van der Waals surface area contributed by atoms with Gasteiger partial charge in [0.1, 0.15) is 6.04 Å². The Balaban J connectivity index is 2.01. The molecule has 0 amide bonds. The Morgan fingerprint density at radius 1 is 1.67 bits per heavy atom. The van der Waals surface area contributed by atoms with Crippen molar-refractivity contribution in [3.05, 3.63) is 21.3 Å². The van der Waals surface area contributed by atoms with E-state index in [1.807, 2.05) is 12.1 Å². The van der Waals surface area contributed by atoms with Crippen molar-refractivity contribution in [3.8, 4) is 6.07 Å². The Kier molecular flexibility index (Phi) is 3.60. The third kappa shape index (κ3) is 2.70. The van der Waals surface area contributed by atoms with Crippen molar-refractivity contribution in [3.63, 3.8) is 0 Å². The van der Waals surface area contributed by atoms with Crippen LogP contribution in [0.2, 0.25) is 4.34 Å². The average molecular weight is 242 g/mol. The fourth-order valence-corrected chi connectivity index (χ4v) is 2.81. The molecule has 1 aromatic rings. The van der Waals surface area contributed by atoms with E-state index in [1.54, 1.807) is 11.3 Å². The van der Waals surface area contributed by atoms with Crippen LogP contribution in [0.1, 0.15) is 4.88 Å². The van der Waals surface area contributed by atoms with Crippen molar-refractivity contribution in [2.45, 2.75) is 12.6 Å². The molecule has 1 aliphatic rings. The quantitative estimate of drug-likeness (QED) is 0.857. The summed E-state index contributed by atoms with van der Waals surface area (Å²) in [5.74, 6) is 0. The van der Waals surface area contributed by atoms with E-state index < -0.39 is 0 Å². The molecule has 0 spiro atoms. The molecule has 0 aromatic carbocycles. The first-order chi connectivity index (χ1) is 7.29. The zero-order valence-corrected chi connectivity index (χ0v) is 9.81. The first-order valence-corrected chi connectivity index (χ1v) is 6.07. The monoisotopic (exact) mass is 241 g/mol. The van der Waals surface area contributed by atoms with Gasteiger partial charge < -0.3 is 5.32 Å². The molecule has 1 fully saturated rings. The van der Waals surface area contributed by atoms with Gasteiger partial charge in [0.05, 0.1) is 10.4 Å². The number of rotatable bonds is 2. The molecule has 0 aliphatic carbocycles. The number of piperazine rings is 1. The second-order valence-electron chi connectivity index (χ2n) is 3.53. The molecule has 1 aromatic heterocycles. The molecular formula is C10H12ClN3S. The number of nitrogens with one attached hydrogen (secondary N) is 1. The van der Waals surface area contributed by atoms with Gasteiger partial charge in [-0.25, -0.2) is 0 Å². The van der Waals surface area contributed by atoms with Crippen LogP contribution in [-0.4, -0.2) is 30.6 Å². The highest BCUT2D eigenvalue weighted by atomic mass is 35.5. The number of hydrogen-bond acceptors (Lipinski definition) is 4. The van der Waals surface area contributed by atoms with Gasteiger partial charge in [-0.05, 0) is 12.1 Å². The second-order valence-corrected chi connectivity index (χ2v) is 5.32. The van der Waals surface area contributed by atoms with E-state index in [9.17, 15) is 0 Å². The van der Waals surface area contributed by atoms with E-state index in [1.165, 1.54) is 4.88 Å². The van der Waals surface area contributed by atoms with E-state index in [0.717, 1.165) is 30.5 Å². The van der Waals surface area contributed by atoms with Crippen LogP contribution in [0.4, 0.5) is 0 Å². The highest BCUT2D eigenvalue weighted by Gasteiger charge is 2.21. The van der Waals surface area contributed by atoms with Gasteiger partial charge in [0.2, 0.25) is 0 Å². The summed E-state index contributed by atoms with van der Waals surface area (Å²) in [7, 11) is 0. The van der Waals surface area contributed by atoms with Gasteiger partial charge in [0, 0.05) is 31.1 Å². The van der Waals surface area contributed by atoms with E-state index in [0.29, 0.717) is 0 Å². The van der Waals surface area contributed by atoms with Gasteiger partial charge in [-0.2, -0.15) is 5.26 Å². The van der Waals surface area contributed by atoms with Crippen molar-refractivity contribution in [1.29, 1.82) is 5.26 Å². The van der Waals surface area contributed by atoms with Crippen molar-refractivity contribution in [2.75, 3.05) is 19.6 Å². The summed E-state index contributed by atoms with van der Waals surface area (Å²) in [6.07, 6.45) is 0. The topological polar surface area (TPSA) is 39.1 Å². The lowest BCUT2D eigenvalue weighted by Gasteiger charge is -2.31. The molecule has 1 atom stereocenters. The van der Waals surface area contributed by atoms with Crippen LogP contribution in [0.25, 0.3) is 0 Å². The fraction of sp³-hybridized carbons (Fsp3) is 0.500. The molecule has 0 bridgehead atoms. The largest absolute Gasteiger partial charge is 0.313 e. The van der Waals surface area contributed by atoms with Crippen LogP contribution in [0.3, 0.4) is 0 Å². The molecule has 1 aliphatic heterocycles. The predicted molar refractivity (Wildman–Crippen MR) is 62.0 cm³/mol. The number of thiophene rings is 1. The molecule has 1 unspecified atom stereocenters. The molecule has 0 saturated carbocycles. The molecule has 5 heteroatoms. The van der Waals surface area contributed by atoms with Crippen molar-refractivity contribution in [1.82, 2.24) is 10.2 Å². The third-order valence-corrected chi connectivity index (χ3v) is 3.71. The lowest BCUT2D eigenvalue weighted by molar-refractivity contribution is 0.191. The Labute approximate surface area is 98.3 Å². The fourth-order valence-electron chi connectivity index (χ4n) is 1.70. The highest BCUT2D eigenvalue weighted by Crippen LogP contribution is 2.23. The SMILES string of the molecule is N#CC1CNCCN1Cc1ccc(Cl)s1. The molecular weight excluding hydrogens is 230 g/mol. The van der Waals surface area contributed by atoms with Gasteiger partial charge in [0.25, 0.3) is 0 Å². The maximum absolute atomic E-state index is 8.99. The smallest absolute Gasteiger partial charge is 0.111 e. The average Bonchev–Trinajstić information content (AvgIpc) is 2.65. The van der Waals surface area contributed by atoms with Crippen LogP contribution < -0.4 is 5.32 Å². The van der Waals surface area contributed by atoms with E-state index in [2.05, 4.69) is 16.3 Å². The number of nitriles is 1. The maximum atomic E-state index is 8.99. The molecule has 15 heavy (non-hydrogen) atoms. The van der Waals surface area contributed by atoms with E-state index >= 15 is 0 Å². The standard InChI is InChI=1S/C10H12ClN3S/c11-10-2-1-9(15-10)7-14-4-3-13-6-8(14)5-12/h1-2,8,13H,3-4,6-7H2. The summed E-state index contributed by atoms with van der Waals surface area (Å²) in [4.78, 5) is 3.42. The first kappa shape index (κ1) is 10.9. The van der Waals surface area contributed by atoms with Gasteiger partial charge in [0.15, 0.2) is 0 Å². The maximum Gasteiger partial charge on any atom is 0.111 e. The third-order valence-electron chi connectivity index (χ3n) is 2.49. The molecule has 1 N–H and O–H groups in total. The summed E-state index contributed by atoms with van der Waals surface area (Å²) >= 11 is 7.46. The molecule has 2 rings (SSSR count). The minimum atomic E-state index is -0.0142. The van der Waals surface area contributed by atoms with Crippen LogP contribution in [0, 0.1) is 11.3 Å². The Hall–Kier alpha value is -0.600. The van der Waals surface area contributed by atoms with Crippen LogP contribution in [0.15, 0.2) is 12.1 Å². The molecule has 1 saturated heterocycles. The number of hydrogen-bond donors (Lipinski definition) is 1. The lowest BCUT2D eigenvalue weighted by Crippen LogP contribution is -2.49. The van der Waals surface area contributed by atoms with E-state index in [4.69, 9.17) is 16.9 Å². The minimum absolute atomic E-state index is 0.0142. The molecule has 3 nitrogen and oxygen atoms in total. The zero-order valence-electron chi connectivity index (χ0n) is 8.24. The van der Waals surface area contributed by atoms with Gasteiger partial charge in [-0.1, -0.05) is 11.6 Å². The van der Waals surface area contributed by atoms with Crippen LogP contribution in [0.5, 0.6) is 0 Å². The molecule has 0 radical (unpaired) electrons. The summed E-state index contributed by atoms with van der Waals surface area (Å²) in [5, 5.41) is 12.2. The van der Waals surface area contributed by atoms with Crippen molar-refractivity contribution >= 4 is 22.9 Å². The van der Waals surface area contributed by atoms with Crippen LogP contribution in [-0.2, 0) is 6.54 Å². The normalized spacial score (nSPS) is 22.5. The lowest BCUT2D eigenvalue weighted by atomic mass is 10.2. The predicted octanol–water partition coefficient (Wildman–Crippen LogP) is 1.70. The van der Waals surface area contributed by atoms with Gasteiger partial charge in [-0.3, -0.25) is 4.90 Å². The Morgan fingerprint density at radius 2 is 2.53 bits per heavy atom. The molecule has 2 heterocycles. The highest BCUT2D eigenvalue weighted by molar-refractivity contribution is 7.16. The number of nitrogens with zero attached hydrogens (tertiary/aromatic N) is 2. The van der Waals surface area contributed by atoms with Crippen LogP contribution >= 0.6 is 22.9 Å². The van der Waals surface area contributed by atoms with Crippen molar-refractivity contribution < 1.29 is 0 Å². The molecule has 80 valence electrons. The minimum Gasteiger partial charge on any atom is -0.313 e. The summed E-state index contributed by atoms with van der Waals surface area (Å²) in [6.45, 7) is 3.47. The van der Waals surface area contributed by atoms with Gasteiger partial charge >= 0.3 is 0 Å².